The fraction of sp³-hybridized carbons (Fsp3) is 0.562. The van der Waals surface area contributed by atoms with Gasteiger partial charge in [-0.3, -0.25) is 14.9 Å². The molecule has 1 aromatic rings. The van der Waals surface area contributed by atoms with E-state index in [-0.39, 0.29) is 17.0 Å². The number of Topliss-reactive ketones (excluding diaryl/α,β-unsaturated/α-hetero) is 1. The van der Waals surface area contributed by atoms with Gasteiger partial charge in [0.25, 0.3) is 5.69 Å². The summed E-state index contributed by atoms with van der Waals surface area (Å²) >= 11 is 0. The molecule has 5 nitrogen and oxygen atoms in total. The number of benzene rings is 1. The molecule has 1 fully saturated rings. The number of nitrogens with zero attached hydrogens (tertiary/aromatic N) is 2. The molecule has 114 valence electrons. The number of anilines is 1. The Labute approximate surface area is 125 Å². The normalized spacial score (nSPS) is 18.1. The van der Waals surface area contributed by atoms with Gasteiger partial charge in [0.05, 0.1) is 10.5 Å². The lowest BCUT2D eigenvalue weighted by atomic mass is 9.85. The summed E-state index contributed by atoms with van der Waals surface area (Å²) in [7, 11) is 0. The highest BCUT2D eigenvalue weighted by atomic mass is 16.6. The number of hydrogen-bond donors (Lipinski definition) is 0. The molecule has 2 rings (SSSR count). The van der Waals surface area contributed by atoms with Crippen LogP contribution in [0.15, 0.2) is 18.2 Å². The van der Waals surface area contributed by atoms with Crippen molar-refractivity contribution in [3.63, 3.8) is 0 Å². The van der Waals surface area contributed by atoms with Gasteiger partial charge in [-0.25, -0.2) is 0 Å². The second-order valence-electron chi connectivity index (χ2n) is 6.52. The summed E-state index contributed by atoms with van der Waals surface area (Å²) in [5, 5.41) is 11.2. The minimum absolute atomic E-state index is 0.0940. The van der Waals surface area contributed by atoms with Gasteiger partial charge in [-0.05, 0) is 43.7 Å². The second kappa shape index (κ2) is 5.84. The van der Waals surface area contributed by atoms with Gasteiger partial charge in [0.2, 0.25) is 0 Å². The first-order valence-corrected chi connectivity index (χ1v) is 7.34. The monoisotopic (exact) mass is 290 g/mol. The SMILES string of the molecule is CC(=O)c1ccc(N2CCCC(C)(C)CC2)cc1[N+](=O)[O-]. The number of ketones is 1. The lowest BCUT2D eigenvalue weighted by Crippen LogP contribution is -2.25. The molecule has 0 aliphatic carbocycles. The molecule has 1 saturated heterocycles. The van der Waals surface area contributed by atoms with E-state index < -0.39 is 4.92 Å². The first-order chi connectivity index (χ1) is 9.80. The van der Waals surface area contributed by atoms with Crippen molar-refractivity contribution in [1.82, 2.24) is 0 Å². The highest BCUT2D eigenvalue weighted by molar-refractivity contribution is 5.98. The largest absolute Gasteiger partial charge is 0.371 e. The lowest BCUT2D eigenvalue weighted by molar-refractivity contribution is -0.385. The maximum Gasteiger partial charge on any atom is 0.282 e. The van der Waals surface area contributed by atoms with Crippen LogP contribution in [0.2, 0.25) is 0 Å². The molecule has 5 heteroatoms. The summed E-state index contributed by atoms with van der Waals surface area (Å²) in [6.45, 7) is 7.68. The van der Waals surface area contributed by atoms with Crippen molar-refractivity contribution in [1.29, 1.82) is 0 Å². The van der Waals surface area contributed by atoms with Crippen LogP contribution in [0.3, 0.4) is 0 Å². The van der Waals surface area contributed by atoms with Crippen molar-refractivity contribution in [3.05, 3.63) is 33.9 Å². The molecule has 0 amide bonds. The predicted octanol–water partition coefficient (Wildman–Crippen LogP) is 3.81. The van der Waals surface area contributed by atoms with Crippen LogP contribution < -0.4 is 4.90 Å². The molecule has 0 aromatic heterocycles. The van der Waals surface area contributed by atoms with Gasteiger partial charge < -0.3 is 4.90 Å². The molecular weight excluding hydrogens is 268 g/mol. The zero-order valence-corrected chi connectivity index (χ0v) is 12.9. The summed E-state index contributed by atoms with van der Waals surface area (Å²) in [6.07, 6.45) is 3.31. The van der Waals surface area contributed by atoms with E-state index in [9.17, 15) is 14.9 Å². The van der Waals surface area contributed by atoms with E-state index in [2.05, 4.69) is 18.7 Å². The van der Waals surface area contributed by atoms with Crippen LogP contribution in [0.4, 0.5) is 11.4 Å². The second-order valence-corrected chi connectivity index (χ2v) is 6.52. The Morgan fingerprint density at radius 1 is 1.29 bits per heavy atom. The molecule has 0 saturated carbocycles. The summed E-state index contributed by atoms with van der Waals surface area (Å²) in [6, 6.07) is 4.93. The average Bonchev–Trinajstić information content (AvgIpc) is 2.59. The van der Waals surface area contributed by atoms with Gasteiger partial charge in [-0.1, -0.05) is 13.8 Å². The van der Waals surface area contributed by atoms with E-state index in [1.54, 1.807) is 6.07 Å². The van der Waals surface area contributed by atoms with E-state index >= 15 is 0 Å². The Morgan fingerprint density at radius 2 is 2.00 bits per heavy atom. The van der Waals surface area contributed by atoms with Crippen LogP contribution in [-0.2, 0) is 0 Å². The quantitative estimate of drug-likeness (QED) is 0.482. The molecule has 0 bridgehead atoms. The van der Waals surface area contributed by atoms with Crippen molar-refractivity contribution in [2.24, 2.45) is 5.41 Å². The fourth-order valence-corrected chi connectivity index (χ4v) is 2.85. The molecule has 1 heterocycles. The molecule has 0 radical (unpaired) electrons. The molecule has 1 aliphatic heterocycles. The summed E-state index contributed by atoms with van der Waals surface area (Å²) < 4.78 is 0. The first kappa shape index (κ1) is 15.5. The van der Waals surface area contributed by atoms with Crippen molar-refractivity contribution >= 4 is 17.2 Å². The van der Waals surface area contributed by atoms with Gasteiger partial charge in [-0.2, -0.15) is 0 Å². The van der Waals surface area contributed by atoms with Gasteiger partial charge in [-0.15, -0.1) is 0 Å². The molecule has 0 atom stereocenters. The predicted molar refractivity (Wildman–Crippen MR) is 82.9 cm³/mol. The van der Waals surface area contributed by atoms with Crippen LogP contribution in [0.25, 0.3) is 0 Å². The minimum atomic E-state index is -0.470. The summed E-state index contributed by atoms with van der Waals surface area (Å²) in [5.74, 6) is -0.273. The Morgan fingerprint density at radius 3 is 2.62 bits per heavy atom. The van der Waals surface area contributed by atoms with Gasteiger partial charge >= 0.3 is 0 Å². The maximum atomic E-state index is 11.5. The standard InChI is InChI=1S/C16H22N2O3/c1-12(19)14-6-5-13(11-15(14)18(20)21)17-9-4-7-16(2,3)8-10-17/h5-6,11H,4,7-10H2,1-3H3. The number of carbonyl (C=O) groups excluding carboxylic acids is 1. The fourth-order valence-electron chi connectivity index (χ4n) is 2.85. The highest BCUT2D eigenvalue weighted by Crippen LogP contribution is 2.33. The summed E-state index contributed by atoms with van der Waals surface area (Å²) in [5.41, 5.74) is 1.24. The van der Waals surface area contributed by atoms with Crippen LogP contribution in [0.1, 0.15) is 50.4 Å². The van der Waals surface area contributed by atoms with E-state index in [4.69, 9.17) is 0 Å². The third-order valence-corrected chi connectivity index (χ3v) is 4.26. The Hall–Kier alpha value is -1.91. The Bertz CT molecular complexity index is 567. The van der Waals surface area contributed by atoms with Crippen LogP contribution in [0.5, 0.6) is 0 Å². The zero-order chi connectivity index (χ0) is 15.6. The van der Waals surface area contributed by atoms with Crippen molar-refractivity contribution in [2.45, 2.75) is 40.0 Å². The molecule has 21 heavy (non-hydrogen) atoms. The average molecular weight is 290 g/mol. The van der Waals surface area contributed by atoms with Crippen LogP contribution >= 0.6 is 0 Å². The van der Waals surface area contributed by atoms with E-state index in [1.807, 2.05) is 6.07 Å². The van der Waals surface area contributed by atoms with E-state index in [0.717, 1.165) is 38.0 Å². The molecule has 0 spiro atoms. The maximum absolute atomic E-state index is 11.5. The van der Waals surface area contributed by atoms with Gasteiger partial charge in [0.15, 0.2) is 5.78 Å². The van der Waals surface area contributed by atoms with Crippen LogP contribution in [0, 0.1) is 15.5 Å². The molecule has 0 N–H and O–H groups in total. The Balaban J connectivity index is 2.30. The number of nitro groups is 1. The molecular formula is C16H22N2O3. The molecule has 0 unspecified atom stereocenters. The third kappa shape index (κ3) is 3.60. The lowest BCUT2D eigenvalue weighted by Gasteiger charge is -2.25. The van der Waals surface area contributed by atoms with E-state index in [0.29, 0.717) is 5.41 Å². The zero-order valence-electron chi connectivity index (χ0n) is 12.9. The molecule has 1 aliphatic rings. The van der Waals surface area contributed by atoms with E-state index in [1.165, 1.54) is 13.0 Å². The van der Waals surface area contributed by atoms with Crippen molar-refractivity contribution in [2.75, 3.05) is 18.0 Å². The topological polar surface area (TPSA) is 63.5 Å². The van der Waals surface area contributed by atoms with Gasteiger partial charge in [0, 0.05) is 24.8 Å². The first-order valence-electron chi connectivity index (χ1n) is 7.34. The van der Waals surface area contributed by atoms with Crippen molar-refractivity contribution < 1.29 is 9.72 Å². The van der Waals surface area contributed by atoms with Gasteiger partial charge in [0.1, 0.15) is 0 Å². The highest BCUT2D eigenvalue weighted by Gasteiger charge is 2.25. The summed E-state index contributed by atoms with van der Waals surface area (Å²) in [4.78, 5) is 24.4. The number of hydrogen-bond acceptors (Lipinski definition) is 4. The number of rotatable bonds is 3. The number of carbonyl (C=O) groups is 1. The number of nitro benzene ring substituents is 1. The third-order valence-electron chi connectivity index (χ3n) is 4.26. The van der Waals surface area contributed by atoms with Crippen molar-refractivity contribution in [3.8, 4) is 0 Å². The molecule has 1 aromatic carbocycles. The minimum Gasteiger partial charge on any atom is -0.371 e. The Kier molecular flexibility index (Phi) is 4.30. The van der Waals surface area contributed by atoms with Crippen LogP contribution in [-0.4, -0.2) is 23.8 Å². The smallest absolute Gasteiger partial charge is 0.282 e.